The molecule has 1 aliphatic rings. The number of rotatable bonds is 8. The van der Waals surface area contributed by atoms with Crippen molar-refractivity contribution in [3.63, 3.8) is 0 Å². The van der Waals surface area contributed by atoms with E-state index >= 15 is 0 Å². The lowest BCUT2D eigenvalue weighted by molar-refractivity contribution is -0.892. The van der Waals surface area contributed by atoms with Crippen LogP contribution in [0.15, 0.2) is 48.5 Å². The van der Waals surface area contributed by atoms with E-state index in [9.17, 15) is 14.9 Å². The number of benzene rings is 2. The summed E-state index contributed by atoms with van der Waals surface area (Å²) in [4.78, 5) is 25.9. The third-order valence-corrected chi connectivity index (χ3v) is 5.07. The molecule has 1 aliphatic heterocycles. The van der Waals surface area contributed by atoms with Gasteiger partial charge < -0.3 is 19.9 Å². The fourth-order valence-electron chi connectivity index (χ4n) is 3.22. The molecule has 1 heterocycles. The second kappa shape index (κ2) is 10.1. The molecule has 1 saturated heterocycles. The van der Waals surface area contributed by atoms with E-state index in [2.05, 4.69) is 10.2 Å². The van der Waals surface area contributed by atoms with Gasteiger partial charge in [0, 0.05) is 22.8 Å². The molecule has 29 heavy (non-hydrogen) atoms. The predicted octanol–water partition coefficient (Wildman–Crippen LogP) is 1.15. The van der Waals surface area contributed by atoms with Crippen LogP contribution in [0, 0.1) is 10.1 Å². The molecule has 0 aliphatic carbocycles. The maximum Gasteiger partial charge on any atom is 0.275 e. The van der Waals surface area contributed by atoms with Crippen LogP contribution in [-0.4, -0.2) is 56.7 Å². The molecule has 154 valence electrons. The Balaban J connectivity index is 1.34. The lowest BCUT2D eigenvalue weighted by atomic mass is 10.2. The highest BCUT2D eigenvalue weighted by molar-refractivity contribution is 6.30. The molecule has 0 spiro atoms. The van der Waals surface area contributed by atoms with E-state index in [0.717, 1.165) is 37.6 Å². The predicted molar refractivity (Wildman–Crippen MR) is 111 cm³/mol. The largest absolute Gasteiger partial charge is 0.492 e. The van der Waals surface area contributed by atoms with Gasteiger partial charge in [-0.25, -0.2) is 0 Å². The molecule has 0 radical (unpaired) electrons. The van der Waals surface area contributed by atoms with E-state index in [1.54, 1.807) is 36.4 Å². The van der Waals surface area contributed by atoms with Crippen molar-refractivity contribution in [3.8, 4) is 5.75 Å². The number of nitro benzene ring substituents is 1. The van der Waals surface area contributed by atoms with Gasteiger partial charge in [-0.15, -0.1) is 0 Å². The van der Waals surface area contributed by atoms with Gasteiger partial charge in [-0.3, -0.25) is 14.9 Å². The van der Waals surface area contributed by atoms with Crippen LogP contribution in [0.2, 0.25) is 5.02 Å². The minimum atomic E-state index is -0.398. The van der Waals surface area contributed by atoms with Gasteiger partial charge >= 0.3 is 0 Å². The van der Waals surface area contributed by atoms with E-state index in [1.807, 2.05) is 0 Å². The molecule has 0 saturated carbocycles. The van der Waals surface area contributed by atoms with Gasteiger partial charge in [0.25, 0.3) is 11.6 Å². The maximum absolute atomic E-state index is 12.1. The van der Waals surface area contributed by atoms with E-state index in [-0.39, 0.29) is 11.6 Å². The van der Waals surface area contributed by atoms with Gasteiger partial charge in [0.05, 0.1) is 37.6 Å². The number of carbonyl (C=O) groups is 1. The average Bonchev–Trinajstić information content (AvgIpc) is 2.73. The maximum atomic E-state index is 12.1. The van der Waals surface area contributed by atoms with Crippen LogP contribution in [-0.2, 0) is 4.79 Å². The Morgan fingerprint density at radius 1 is 1.14 bits per heavy atom. The number of nitrogens with one attached hydrogen (secondary N) is 2. The summed E-state index contributed by atoms with van der Waals surface area (Å²) < 4.78 is 5.56. The zero-order valence-corrected chi connectivity index (χ0v) is 16.7. The molecule has 8 nitrogen and oxygen atoms in total. The first-order valence-electron chi connectivity index (χ1n) is 9.49. The number of piperazine rings is 1. The monoisotopic (exact) mass is 419 g/mol. The van der Waals surface area contributed by atoms with Crippen molar-refractivity contribution in [2.75, 3.05) is 50.8 Å². The van der Waals surface area contributed by atoms with Crippen molar-refractivity contribution in [3.05, 3.63) is 63.7 Å². The van der Waals surface area contributed by atoms with Gasteiger partial charge in [-0.2, -0.15) is 0 Å². The summed E-state index contributed by atoms with van der Waals surface area (Å²) in [5.74, 6) is 0.722. The van der Waals surface area contributed by atoms with E-state index in [0.29, 0.717) is 24.7 Å². The minimum Gasteiger partial charge on any atom is -0.492 e. The number of amides is 1. The van der Waals surface area contributed by atoms with Gasteiger partial charge in [0.15, 0.2) is 6.54 Å². The Bertz CT molecular complexity index is 821. The first kappa shape index (κ1) is 20.9. The molecular formula is C20H24ClN4O4+. The topological polar surface area (TPSA) is 89.2 Å². The molecule has 2 N–H and O–H groups in total. The van der Waals surface area contributed by atoms with Gasteiger partial charge in [-0.1, -0.05) is 11.6 Å². The SMILES string of the molecule is O=C(C[NH+]1CCN(c2ccc([N+](=O)[O-])cc2)CC1)NCCOc1ccc(Cl)cc1. The zero-order valence-electron chi connectivity index (χ0n) is 16.0. The zero-order chi connectivity index (χ0) is 20.6. The van der Waals surface area contributed by atoms with Crippen LogP contribution in [0.1, 0.15) is 0 Å². The molecule has 2 aromatic rings. The number of hydrogen-bond acceptors (Lipinski definition) is 5. The standard InChI is InChI=1S/C20H23ClN4O4/c21-16-1-7-19(8-2-16)29-14-9-22-20(26)15-23-10-12-24(13-11-23)17-3-5-18(6-4-17)25(27)28/h1-8H,9-15H2,(H,22,26)/p+1. The normalized spacial score (nSPS) is 14.4. The Labute approximate surface area is 174 Å². The number of nitro groups is 1. The van der Waals surface area contributed by atoms with E-state index in [4.69, 9.17) is 16.3 Å². The highest BCUT2D eigenvalue weighted by Gasteiger charge is 2.22. The lowest BCUT2D eigenvalue weighted by Crippen LogP contribution is -3.16. The molecule has 9 heteroatoms. The average molecular weight is 420 g/mol. The van der Waals surface area contributed by atoms with E-state index in [1.165, 1.54) is 17.0 Å². The minimum absolute atomic E-state index is 0.00323. The first-order chi connectivity index (χ1) is 14.0. The van der Waals surface area contributed by atoms with Crippen LogP contribution in [0.3, 0.4) is 0 Å². The number of hydrogen-bond donors (Lipinski definition) is 2. The molecule has 0 unspecified atom stereocenters. The summed E-state index contributed by atoms with van der Waals surface area (Å²) in [5, 5.41) is 14.3. The third-order valence-electron chi connectivity index (χ3n) is 4.81. The highest BCUT2D eigenvalue weighted by atomic mass is 35.5. The summed E-state index contributed by atoms with van der Waals surface area (Å²) in [6.07, 6.45) is 0. The fraction of sp³-hybridized carbons (Fsp3) is 0.350. The Morgan fingerprint density at radius 3 is 2.41 bits per heavy atom. The number of non-ortho nitro benzene ring substituents is 1. The molecule has 0 atom stereocenters. The van der Waals surface area contributed by atoms with Crippen LogP contribution < -0.4 is 19.9 Å². The van der Waals surface area contributed by atoms with Crippen molar-refractivity contribution in [1.29, 1.82) is 0 Å². The van der Waals surface area contributed by atoms with Crippen LogP contribution >= 0.6 is 11.6 Å². The molecular weight excluding hydrogens is 396 g/mol. The second-order valence-electron chi connectivity index (χ2n) is 6.84. The number of carbonyl (C=O) groups excluding carboxylic acids is 1. The second-order valence-corrected chi connectivity index (χ2v) is 7.28. The van der Waals surface area contributed by atoms with Gasteiger partial charge in [-0.05, 0) is 36.4 Å². The van der Waals surface area contributed by atoms with E-state index < -0.39 is 4.92 Å². The number of ether oxygens (including phenoxy) is 1. The lowest BCUT2D eigenvalue weighted by Gasteiger charge is -2.33. The van der Waals surface area contributed by atoms with Crippen LogP contribution in [0.5, 0.6) is 5.75 Å². The highest BCUT2D eigenvalue weighted by Crippen LogP contribution is 2.19. The fourth-order valence-corrected chi connectivity index (χ4v) is 3.35. The summed E-state index contributed by atoms with van der Waals surface area (Å²) in [6, 6.07) is 13.7. The van der Waals surface area contributed by atoms with Gasteiger partial charge in [0.1, 0.15) is 12.4 Å². The number of nitrogens with zero attached hydrogens (tertiary/aromatic N) is 2. The molecule has 1 amide bonds. The smallest absolute Gasteiger partial charge is 0.275 e. The van der Waals surface area contributed by atoms with Crippen LogP contribution in [0.4, 0.5) is 11.4 Å². The Morgan fingerprint density at radius 2 is 1.79 bits per heavy atom. The summed E-state index contributed by atoms with van der Waals surface area (Å²) in [6.45, 7) is 4.56. The third kappa shape index (κ3) is 6.33. The molecule has 3 rings (SSSR count). The quantitative estimate of drug-likeness (QED) is 0.380. The molecule has 0 aromatic heterocycles. The number of halogens is 1. The number of anilines is 1. The van der Waals surface area contributed by atoms with Crippen molar-refractivity contribution in [1.82, 2.24) is 5.32 Å². The summed E-state index contributed by atoms with van der Waals surface area (Å²) in [5.41, 5.74) is 1.06. The number of quaternary nitrogens is 1. The van der Waals surface area contributed by atoms with Crippen molar-refractivity contribution in [2.45, 2.75) is 0 Å². The first-order valence-corrected chi connectivity index (χ1v) is 9.87. The molecule has 1 fully saturated rings. The Kier molecular flexibility index (Phi) is 7.26. The van der Waals surface area contributed by atoms with Crippen molar-refractivity contribution < 1.29 is 19.4 Å². The summed E-state index contributed by atoms with van der Waals surface area (Å²) >= 11 is 5.83. The molecule has 0 bridgehead atoms. The molecule has 2 aromatic carbocycles. The van der Waals surface area contributed by atoms with Crippen molar-refractivity contribution in [2.24, 2.45) is 0 Å². The van der Waals surface area contributed by atoms with Gasteiger partial charge in [0.2, 0.25) is 0 Å². The Hall–Kier alpha value is -2.84. The van der Waals surface area contributed by atoms with Crippen molar-refractivity contribution >= 4 is 28.9 Å². The van der Waals surface area contributed by atoms with Crippen LogP contribution in [0.25, 0.3) is 0 Å². The summed E-state index contributed by atoms with van der Waals surface area (Å²) in [7, 11) is 0.